The quantitative estimate of drug-likeness (QED) is 0.784. The van der Waals surface area contributed by atoms with Gasteiger partial charge in [-0.05, 0) is 6.07 Å². The van der Waals surface area contributed by atoms with Crippen LogP contribution in [0.15, 0.2) is 42.5 Å². The molecule has 1 aliphatic rings. The van der Waals surface area contributed by atoms with E-state index in [-0.39, 0.29) is 12.1 Å². The lowest BCUT2D eigenvalue weighted by molar-refractivity contribution is 0.0678. The van der Waals surface area contributed by atoms with Gasteiger partial charge in [-0.1, -0.05) is 41.9 Å². The van der Waals surface area contributed by atoms with Crippen LogP contribution in [0.1, 0.15) is 22.8 Å². The number of hydrogen-bond acceptors (Lipinski definition) is 3. The van der Waals surface area contributed by atoms with E-state index < -0.39 is 0 Å². The Kier molecular flexibility index (Phi) is 2.91. The lowest BCUT2D eigenvalue weighted by Gasteiger charge is -2.05. The molecule has 0 amide bonds. The van der Waals surface area contributed by atoms with Gasteiger partial charge in [0, 0.05) is 24.1 Å². The van der Waals surface area contributed by atoms with Gasteiger partial charge in [-0.25, -0.2) is 0 Å². The Morgan fingerprint density at radius 1 is 1.11 bits per heavy atom. The molecule has 0 bridgehead atoms. The normalized spacial score (nSPS) is 16.4. The van der Waals surface area contributed by atoms with E-state index in [1.807, 2.05) is 18.2 Å². The summed E-state index contributed by atoms with van der Waals surface area (Å²) < 4.78 is 10.9. The number of fused-ring (bicyclic) bond motifs is 1. The molecule has 4 heteroatoms. The molecule has 2 aromatic rings. The molecule has 1 aliphatic heterocycles. The fraction of sp³-hybridized carbons (Fsp3) is 0.133. The van der Waals surface area contributed by atoms with Crippen LogP contribution in [0.3, 0.4) is 0 Å². The number of hydrogen-bond donors (Lipinski definition) is 0. The van der Waals surface area contributed by atoms with Gasteiger partial charge in [0.15, 0.2) is 17.3 Å². The number of carbonyl (C=O) groups is 1. The second-order valence-corrected chi connectivity index (χ2v) is 4.68. The molecule has 96 valence electrons. The van der Waals surface area contributed by atoms with E-state index >= 15 is 0 Å². The van der Waals surface area contributed by atoms with E-state index in [0.29, 0.717) is 27.6 Å². The minimum atomic E-state index is -0.354. The molecule has 19 heavy (non-hydrogen) atoms. The van der Waals surface area contributed by atoms with E-state index in [9.17, 15) is 4.79 Å². The summed E-state index contributed by atoms with van der Waals surface area (Å²) in [4.78, 5) is 12.4. The molecule has 1 unspecified atom stereocenters. The van der Waals surface area contributed by atoms with Crippen molar-refractivity contribution in [3.05, 3.63) is 58.6 Å². The summed E-state index contributed by atoms with van der Waals surface area (Å²) in [5.41, 5.74) is 1.01. The van der Waals surface area contributed by atoms with E-state index in [4.69, 9.17) is 21.1 Å². The predicted octanol–water partition coefficient (Wildman–Crippen LogP) is 3.69. The summed E-state index contributed by atoms with van der Waals surface area (Å²) in [6.45, 7) is 1.78. The molecule has 3 nitrogen and oxygen atoms in total. The first-order valence-corrected chi connectivity index (χ1v) is 6.29. The molecule has 0 fully saturated rings. The van der Waals surface area contributed by atoms with Gasteiger partial charge in [-0.3, -0.25) is 4.79 Å². The standard InChI is InChI=1S/C15H11ClO3/c1-9-18-13-7-11(12(16)8-14(13)19-9)15(17)10-5-3-2-4-6-10/h2-9H,1H3. The minimum absolute atomic E-state index is 0.128. The van der Waals surface area contributed by atoms with Crippen LogP contribution in [0.5, 0.6) is 11.5 Å². The monoisotopic (exact) mass is 274 g/mol. The fourth-order valence-electron chi connectivity index (χ4n) is 2.02. The van der Waals surface area contributed by atoms with Crippen LogP contribution in [0.25, 0.3) is 0 Å². The summed E-state index contributed by atoms with van der Waals surface area (Å²) in [5.74, 6) is 0.995. The van der Waals surface area contributed by atoms with Crippen LogP contribution in [0, 0.1) is 0 Å². The molecule has 3 rings (SSSR count). The molecule has 0 aromatic heterocycles. The summed E-state index contributed by atoms with van der Waals surface area (Å²) in [7, 11) is 0. The predicted molar refractivity (Wildman–Crippen MR) is 72.0 cm³/mol. The van der Waals surface area contributed by atoms with Crippen LogP contribution in [0.4, 0.5) is 0 Å². The highest BCUT2D eigenvalue weighted by Gasteiger charge is 2.24. The maximum absolute atomic E-state index is 12.4. The van der Waals surface area contributed by atoms with Crippen molar-refractivity contribution in [1.29, 1.82) is 0 Å². The third-order valence-corrected chi connectivity index (χ3v) is 3.21. The Balaban J connectivity index is 2.03. The van der Waals surface area contributed by atoms with Crippen LogP contribution in [-0.2, 0) is 0 Å². The topological polar surface area (TPSA) is 35.5 Å². The average Bonchev–Trinajstić information content (AvgIpc) is 2.77. The Labute approximate surface area is 115 Å². The molecule has 1 heterocycles. The SMILES string of the molecule is CC1Oc2cc(Cl)c(C(=O)c3ccccc3)cc2O1. The van der Waals surface area contributed by atoms with Crippen molar-refractivity contribution in [2.75, 3.05) is 0 Å². The van der Waals surface area contributed by atoms with Gasteiger partial charge in [0.1, 0.15) is 0 Å². The fourth-order valence-corrected chi connectivity index (χ4v) is 2.26. The van der Waals surface area contributed by atoms with Crippen molar-refractivity contribution in [3.63, 3.8) is 0 Å². The van der Waals surface area contributed by atoms with Gasteiger partial charge in [0.2, 0.25) is 6.29 Å². The van der Waals surface area contributed by atoms with Crippen molar-refractivity contribution in [2.45, 2.75) is 13.2 Å². The number of carbonyl (C=O) groups excluding carboxylic acids is 1. The Morgan fingerprint density at radius 3 is 2.42 bits per heavy atom. The first-order chi connectivity index (χ1) is 9.15. The van der Waals surface area contributed by atoms with Gasteiger partial charge >= 0.3 is 0 Å². The highest BCUT2D eigenvalue weighted by atomic mass is 35.5. The van der Waals surface area contributed by atoms with Gasteiger partial charge in [0.05, 0.1) is 5.02 Å². The molecule has 0 saturated carbocycles. The van der Waals surface area contributed by atoms with Crippen LogP contribution in [0.2, 0.25) is 5.02 Å². The van der Waals surface area contributed by atoms with Gasteiger partial charge < -0.3 is 9.47 Å². The van der Waals surface area contributed by atoms with E-state index in [0.717, 1.165) is 0 Å². The molecule has 0 aliphatic carbocycles. The second-order valence-electron chi connectivity index (χ2n) is 4.28. The van der Waals surface area contributed by atoms with E-state index in [1.165, 1.54) is 0 Å². The second kappa shape index (κ2) is 4.59. The largest absolute Gasteiger partial charge is 0.451 e. The maximum atomic E-state index is 12.4. The third-order valence-electron chi connectivity index (χ3n) is 2.90. The van der Waals surface area contributed by atoms with Crippen LogP contribution in [-0.4, -0.2) is 12.1 Å². The smallest absolute Gasteiger partial charge is 0.238 e. The first kappa shape index (κ1) is 12.1. The van der Waals surface area contributed by atoms with E-state index in [2.05, 4.69) is 0 Å². The van der Waals surface area contributed by atoms with E-state index in [1.54, 1.807) is 31.2 Å². The molecular weight excluding hydrogens is 264 g/mol. The van der Waals surface area contributed by atoms with Crippen molar-refractivity contribution >= 4 is 17.4 Å². The number of ketones is 1. The molecule has 0 saturated heterocycles. The summed E-state index contributed by atoms with van der Waals surface area (Å²) >= 11 is 6.14. The lowest BCUT2D eigenvalue weighted by Crippen LogP contribution is -2.11. The molecule has 2 aromatic carbocycles. The molecular formula is C15H11ClO3. The molecule has 0 N–H and O–H groups in total. The number of ether oxygens (including phenoxy) is 2. The highest BCUT2D eigenvalue weighted by Crippen LogP contribution is 2.39. The van der Waals surface area contributed by atoms with Gasteiger partial charge in [-0.15, -0.1) is 0 Å². The summed E-state index contributed by atoms with van der Waals surface area (Å²) in [6.07, 6.45) is -0.354. The zero-order chi connectivity index (χ0) is 13.4. The Morgan fingerprint density at radius 2 is 1.74 bits per heavy atom. The number of rotatable bonds is 2. The Hall–Kier alpha value is -2.00. The van der Waals surface area contributed by atoms with Gasteiger partial charge in [0.25, 0.3) is 0 Å². The molecule has 0 spiro atoms. The van der Waals surface area contributed by atoms with Crippen LogP contribution >= 0.6 is 11.6 Å². The van der Waals surface area contributed by atoms with Crippen molar-refractivity contribution < 1.29 is 14.3 Å². The molecule has 1 atom stereocenters. The van der Waals surface area contributed by atoms with Crippen LogP contribution < -0.4 is 9.47 Å². The zero-order valence-electron chi connectivity index (χ0n) is 10.2. The minimum Gasteiger partial charge on any atom is -0.451 e. The number of benzene rings is 2. The van der Waals surface area contributed by atoms with Crippen molar-refractivity contribution in [1.82, 2.24) is 0 Å². The molecule has 0 radical (unpaired) electrons. The third kappa shape index (κ3) is 2.17. The van der Waals surface area contributed by atoms with Crippen molar-refractivity contribution in [3.8, 4) is 11.5 Å². The lowest BCUT2D eigenvalue weighted by atomic mass is 10.0. The summed E-state index contributed by atoms with van der Waals surface area (Å²) in [5, 5.41) is 0.366. The summed E-state index contributed by atoms with van der Waals surface area (Å²) in [6, 6.07) is 12.3. The van der Waals surface area contributed by atoms with Crippen molar-refractivity contribution in [2.24, 2.45) is 0 Å². The van der Waals surface area contributed by atoms with Gasteiger partial charge in [-0.2, -0.15) is 0 Å². The average molecular weight is 275 g/mol. The maximum Gasteiger partial charge on any atom is 0.238 e. The zero-order valence-corrected chi connectivity index (χ0v) is 11.0. The Bertz CT molecular complexity index is 637. The number of halogens is 1. The first-order valence-electron chi connectivity index (χ1n) is 5.92. The highest BCUT2D eigenvalue weighted by molar-refractivity contribution is 6.35.